The van der Waals surface area contributed by atoms with Crippen molar-refractivity contribution < 1.29 is 27.8 Å². The first kappa shape index (κ1) is 40.9. The number of halogens is 1. The van der Waals surface area contributed by atoms with Crippen LogP contribution in [0.4, 0.5) is 4.39 Å². The number of fused-ring (bicyclic) bond motifs is 7. The lowest BCUT2D eigenvalue weighted by molar-refractivity contribution is -0.223. The molecule has 10 atom stereocenters. The van der Waals surface area contributed by atoms with Gasteiger partial charge >= 0.3 is 5.97 Å². The molecule has 0 aromatic rings. The minimum atomic E-state index is -3.06. The zero-order valence-electron chi connectivity index (χ0n) is 35.0. The third kappa shape index (κ3) is 6.16. The van der Waals surface area contributed by atoms with Gasteiger partial charge in [0.1, 0.15) is 16.5 Å². The van der Waals surface area contributed by atoms with Crippen LogP contribution >= 0.6 is 0 Å². The summed E-state index contributed by atoms with van der Waals surface area (Å²) in [6.07, 6.45) is 21.3. The van der Waals surface area contributed by atoms with Crippen molar-refractivity contribution in [3.8, 4) is 0 Å². The van der Waals surface area contributed by atoms with Crippen LogP contribution < -0.4 is 5.32 Å². The number of alkyl halides is 1. The van der Waals surface area contributed by atoms with Crippen LogP contribution in [0.3, 0.4) is 0 Å². The molecule has 306 valence electrons. The summed E-state index contributed by atoms with van der Waals surface area (Å²) in [5.41, 5.74) is 1.42. The lowest BCUT2D eigenvalue weighted by atomic mass is 9.32. The van der Waals surface area contributed by atoms with Gasteiger partial charge in [-0.3, -0.25) is 4.79 Å². The Morgan fingerprint density at radius 2 is 1.57 bits per heavy atom. The van der Waals surface area contributed by atoms with Crippen molar-refractivity contribution >= 4 is 15.8 Å². The Kier molecular flexibility index (Phi) is 10.4. The predicted molar refractivity (Wildman–Crippen MR) is 215 cm³/mol. The average molecular weight is 772 g/mol. The summed E-state index contributed by atoms with van der Waals surface area (Å²) in [5, 5.41) is 25.3. The Morgan fingerprint density at radius 3 is 2.17 bits per heavy atom. The highest BCUT2D eigenvalue weighted by Gasteiger charge is 2.70. The lowest BCUT2D eigenvalue weighted by Crippen LogP contribution is -2.68. The second kappa shape index (κ2) is 13.7. The molecule has 0 radical (unpaired) electrons. The topological polar surface area (TPSA) is 104 Å². The second-order valence-corrected chi connectivity index (χ2v) is 24.2. The minimum Gasteiger partial charge on any atom is -0.481 e. The van der Waals surface area contributed by atoms with Crippen LogP contribution in [0.1, 0.15) is 158 Å². The molecule has 8 heteroatoms. The largest absolute Gasteiger partial charge is 0.481 e. The van der Waals surface area contributed by atoms with E-state index in [2.05, 4.69) is 65.9 Å². The van der Waals surface area contributed by atoms with E-state index in [1.54, 1.807) is 0 Å². The molecule has 0 aromatic carbocycles. The summed E-state index contributed by atoms with van der Waals surface area (Å²) in [6.45, 7) is 17.8. The maximum atomic E-state index is 14.0. The maximum absolute atomic E-state index is 14.0. The molecular formula is C46H74FNO5S. The summed E-state index contributed by atoms with van der Waals surface area (Å²) >= 11 is 0. The minimum absolute atomic E-state index is 0.0230. The van der Waals surface area contributed by atoms with Crippen molar-refractivity contribution in [2.24, 2.45) is 62.6 Å². The number of hydrogen-bond acceptors (Lipinski definition) is 5. The van der Waals surface area contributed by atoms with Crippen molar-refractivity contribution in [1.29, 1.82) is 0 Å². The molecule has 54 heavy (non-hydrogen) atoms. The molecule has 0 aromatic heterocycles. The third-order valence-corrected chi connectivity index (χ3v) is 20.8. The van der Waals surface area contributed by atoms with Crippen LogP contribution in [0.5, 0.6) is 0 Å². The molecule has 0 amide bonds. The zero-order chi connectivity index (χ0) is 39.3. The molecule has 0 unspecified atom stereocenters. The van der Waals surface area contributed by atoms with Crippen molar-refractivity contribution in [3.05, 3.63) is 23.3 Å². The smallest absolute Gasteiger partial charge is 0.312 e. The first-order chi connectivity index (χ1) is 25.1. The molecule has 3 N–H and O–H groups in total. The van der Waals surface area contributed by atoms with E-state index in [0.29, 0.717) is 80.5 Å². The molecule has 0 bridgehead atoms. The molecule has 5 fully saturated rings. The number of carbonyl (C=O) groups is 1. The van der Waals surface area contributed by atoms with Crippen LogP contribution in [-0.2, 0) is 14.6 Å². The Hall–Kier alpha value is -1.25. The number of nitrogens with one attached hydrogen (secondary N) is 1. The fraction of sp³-hybridized carbons (Fsp3) is 0.891. The van der Waals surface area contributed by atoms with Gasteiger partial charge < -0.3 is 15.5 Å². The Morgan fingerprint density at radius 1 is 0.870 bits per heavy atom. The van der Waals surface area contributed by atoms with E-state index in [0.717, 1.165) is 13.0 Å². The molecule has 7 rings (SSSR count). The molecule has 7 aliphatic carbocycles. The predicted octanol–water partition coefficient (Wildman–Crippen LogP) is 9.86. The van der Waals surface area contributed by atoms with Gasteiger partial charge in [-0.25, -0.2) is 12.8 Å². The van der Waals surface area contributed by atoms with Crippen molar-refractivity contribution in [2.45, 2.75) is 174 Å². The van der Waals surface area contributed by atoms with Gasteiger partial charge in [0.05, 0.1) is 16.3 Å². The summed E-state index contributed by atoms with van der Waals surface area (Å²) in [5.74, 6) is 2.82. The maximum Gasteiger partial charge on any atom is 0.312 e. The number of aliphatic hydroxyl groups is 1. The normalized spacial score (nSPS) is 47.5. The fourth-order valence-electron chi connectivity index (χ4n) is 15.7. The van der Waals surface area contributed by atoms with E-state index in [1.165, 1.54) is 68.8 Å². The van der Waals surface area contributed by atoms with Gasteiger partial charge in [-0.2, -0.15) is 0 Å². The van der Waals surface area contributed by atoms with E-state index in [-0.39, 0.29) is 38.9 Å². The van der Waals surface area contributed by atoms with E-state index < -0.39 is 33.5 Å². The second-order valence-electron chi connectivity index (χ2n) is 21.9. The van der Waals surface area contributed by atoms with Gasteiger partial charge in [-0.1, -0.05) is 60.6 Å². The highest BCUT2D eigenvalue weighted by atomic mass is 32.2. The van der Waals surface area contributed by atoms with E-state index in [4.69, 9.17) is 0 Å². The van der Waals surface area contributed by atoms with E-state index >= 15 is 0 Å². The average Bonchev–Trinajstić information content (AvgIpc) is 3.48. The van der Waals surface area contributed by atoms with Gasteiger partial charge in [0.2, 0.25) is 0 Å². The highest BCUT2D eigenvalue weighted by Crippen LogP contribution is 2.76. The number of rotatable bonds is 9. The van der Waals surface area contributed by atoms with E-state index in [1.807, 2.05) is 0 Å². The van der Waals surface area contributed by atoms with Crippen molar-refractivity contribution in [1.82, 2.24) is 5.32 Å². The number of carboxylic acids is 1. The molecule has 6 nitrogen and oxygen atoms in total. The first-order valence-corrected chi connectivity index (χ1v) is 23.9. The number of carboxylic acid groups (broad SMARTS) is 1. The Balaban J connectivity index is 1.11. The number of sulfone groups is 1. The van der Waals surface area contributed by atoms with Crippen LogP contribution in [0.2, 0.25) is 0 Å². The lowest BCUT2D eigenvalue weighted by Gasteiger charge is -2.72. The molecule has 0 spiro atoms. The molecule has 7 aliphatic rings. The first-order valence-electron chi connectivity index (χ1n) is 22.0. The Bertz CT molecular complexity index is 1640. The third-order valence-electron chi connectivity index (χ3n) is 19.1. The fourth-order valence-corrected chi connectivity index (χ4v) is 16.8. The monoisotopic (exact) mass is 772 g/mol. The van der Waals surface area contributed by atoms with Crippen LogP contribution in [-0.4, -0.2) is 60.5 Å². The number of allylic oxidation sites excluding steroid dienone is 4. The van der Waals surface area contributed by atoms with Crippen molar-refractivity contribution in [3.63, 3.8) is 0 Å². The van der Waals surface area contributed by atoms with Gasteiger partial charge in [-0.15, -0.1) is 0 Å². The highest BCUT2D eigenvalue weighted by molar-refractivity contribution is 7.91. The molecule has 5 saturated carbocycles. The molecule has 0 heterocycles. The van der Waals surface area contributed by atoms with Gasteiger partial charge in [0, 0.05) is 11.8 Å². The quantitative estimate of drug-likeness (QED) is 0.216. The van der Waals surface area contributed by atoms with Crippen molar-refractivity contribution in [2.75, 3.05) is 19.5 Å². The van der Waals surface area contributed by atoms with Gasteiger partial charge in [0.25, 0.3) is 0 Å². The number of hydrogen-bond donors (Lipinski definition) is 3. The Labute approximate surface area is 327 Å². The number of aliphatic carboxylic acids is 1. The zero-order valence-corrected chi connectivity index (χ0v) is 35.9. The summed E-state index contributed by atoms with van der Waals surface area (Å²) < 4.78 is 38.4. The van der Waals surface area contributed by atoms with Crippen LogP contribution in [0, 0.1) is 62.6 Å². The van der Waals surface area contributed by atoms with Crippen LogP contribution in [0.15, 0.2) is 23.3 Å². The van der Waals surface area contributed by atoms with Gasteiger partial charge in [0.15, 0.2) is 0 Å². The molecule has 0 aliphatic heterocycles. The summed E-state index contributed by atoms with van der Waals surface area (Å²) in [4.78, 5) is 12.0. The van der Waals surface area contributed by atoms with Crippen LogP contribution in [0.25, 0.3) is 0 Å². The molecule has 0 saturated heterocycles. The summed E-state index contributed by atoms with van der Waals surface area (Å²) in [6, 6.07) is 0. The van der Waals surface area contributed by atoms with E-state index in [9.17, 15) is 27.8 Å². The van der Waals surface area contributed by atoms with Gasteiger partial charge in [-0.05, 0) is 184 Å². The SMILES string of the molecule is CC(C)[C@@H]1CC[C@]2(NCC[C@]3(O)CC[C@H](S(C)(=O)=O)CC3)CC[C@]3(C)[C@H](CC[C@@H]4[C@@]5(C)CC=C(C6=CC[C@](CF)(C(=O)O)CC6)C(C)(C)[C@@H]5CC[C@]43C)[C@@H]12. The molecular weight excluding hydrogens is 698 g/mol. The standard InChI is InChI=1S/C46H74FNO5S/c1-30(2)33-15-24-46(48-28-27-45(51)22-13-32(14-23-45)54(8,52)53)26-25-42(6)35(38(33)46)9-10-37-41(5)18-16-34(40(3,4)36(41)17-19-43(37,42)7)31-11-20-44(29-47,21-12-31)39(49)50/h11,16,30,32-33,35-38,48,51H,9-10,12-15,17-29H2,1-8H3,(H,49,50)/t32-,33-,35+,36-,37+,38+,41-,42+,43+,44-,45-,46-/m0/s1. The summed E-state index contributed by atoms with van der Waals surface area (Å²) in [7, 11) is -3.06.